The van der Waals surface area contributed by atoms with Crippen LogP contribution in [0.1, 0.15) is 26.3 Å². The fourth-order valence-corrected chi connectivity index (χ4v) is 4.09. The molecule has 32 heavy (non-hydrogen) atoms. The highest BCUT2D eigenvalue weighted by molar-refractivity contribution is 5.92. The summed E-state index contributed by atoms with van der Waals surface area (Å²) < 4.78 is 0. The highest BCUT2D eigenvalue weighted by atomic mass is 16.4. The van der Waals surface area contributed by atoms with Gasteiger partial charge in [0.05, 0.1) is 6.04 Å². The minimum atomic E-state index is -1.04. The van der Waals surface area contributed by atoms with Gasteiger partial charge in [-0.15, -0.1) is 0 Å². The van der Waals surface area contributed by atoms with Gasteiger partial charge in [0.25, 0.3) is 0 Å². The van der Waals surface area contributed by atoms with Crippen LogP contribution in [-0.2, 0) is 20.9 Å². The Morgan fingerprint density at radius 3 is 2.59 bits per heavy atom. The molecule has 1 aliphatic heterocycles. The van der Waals surface area contributed by atoms with Gasteiger partial charge < -0.3 is 25.6 Å². The van der Waals surface area contributed by atoms with E-state index in [-0.39, 0.29) is 24.3 Å². The Labute approximate surface area is 188 Å². The SMILES string of the molecule is CNC(C)C(=O)NC(C(=O)N1CCN(Cc2cccc3[nH]ccc23)CC1C(=O)O)C(C)C. The summed E-state index contributed by atoms with van der Waals surface area (Å²) in [6.45, 7) is 7.08. The Morgan fingerprint density at radius 1 is 1.19 bits per heavy atom. The fraction of sp³-hybridized carbons (Fsp3) is 0.522. The highest BCUT2D eigenvalue weighted by Crippen LogP contribution is 2.22. The van der Waals surface area contributed by atoms with E-state index < -0.39 is 24.1 Å². The number of nitrogens with one attached hydrogen (secondary N) is 3. The molecule has 3 rings (SSSR count). The van der Waals surface area contributed by atoms with Crippen molar-refractivity contribution in [3.8, 4) is 0 Å². The van der Waals surface area contributed by atoms with Crippen LogP contribution in [0.15, 0.2) is 30.5 Å². The van der Waals surface area contributed by atoms with Crippen LogP contribution in [0.3, 0.4) is 0 Å². The summed E-state index contributed by atoms with van der Waals surface area (Å²) in [5.74, 6) is -1.85. The number of carboxylic acids is 1. The molecule has 1 aromatic carbocycles. The fourth-order valence-electron chi connectivity index (χ4n) is 4.09. The van der Waals surface area contributed by atoms with Gasteiger partial charge in [-0.3, -0.25) is 14.5 Å². The molecule has 2 heterocycles. The third-order valence-electron chi connectivity index (χ3n) is 6.17. The van der Waals surface area contributed by atoms with Crippen LogP contribution in [0.25, 0.3) is 10.9 Å². The standard InChI is InChI=1S/C23H33N5O4/c1-14(2)20(26-21(29)15(3)24-4)22(30)28-11-10-27(13-19(28)23(31)32)12-16-6-5-7-18-17(16)8-9-25-18/h5-9,14-15,19-20,24-25H,10-13H2,1-4H3,(H,26,29)(H,31,32). The molecule has 2 amide bonds. The number of piperazine rings is 1. The van der Waals surface area contributed by atoms with Gasteiger partial charge in [-0.2, -0.15) is 0 Å². The van der Waals surface area contributed by atoms with Gasteiger partial charge in [0.2, 0.25) is 11.8 Å². The molecule has 0 radical (unpaired) electrons. The van der Waals surface area contributed by atoms with Crippen molar-refractivity contribution in [2.75, 3.05) is 26.7 Å². The van der Waals surface area contributed by atoms with E-state index >= 15 is 0 Å². The van der Waals surface area contributed by atoms with E-state index in [4.69, 9.17) is 0 Å². The van der Waals surface area contributed by atoms with Crippen molar-refractivity contribution in [2.24, 2.45) is 5.92 Å². The lowest BCUT2D eigenvalue weighted by atomic mass is 10.00. The summed E-state index contributed by atoms with van der Waals surface area (Å²) in [7, 11) is 1.67. The number of likely N-dealkylation sites (N-methyl/N-ethyl adjacent to an activating group) is 1. The average Bonchev–Trinajstić information content (AvgIpc) is 3.26. The van der Waals surface area contributed by atoms with E-state index in [0.717, 1.165) is 16.5 Å². The first kappa shape index (κ1) is 23.7. The maximum atomic E-state index is 13.3. The lowest BCUT2D eigenvalue weighted by molar-refractivity contribution is -0.155. The van der Waals surface area contributed by atoms with Crippen LogP contribution < -0.4 is 10.6 Å². The smallest absolute Gasteiger partial charge is 0.327 e. The van der Waals surface area contributed by atoms with Crippen molar-refractivity contribution in [2.45, 2.75) is 45.4 Å². The molecule has 1 aliphatic rings. The quantitative estimate of drug-likeness (QED) is 0.484. The number of H-pyrrole nitrogens is 1. The molecule has 0 spiro atoms. The number of aliphatic carboxylic acids is 1. The first-order valence-corrected chi connectivity index (χ1v) is 11.0. The van der Waals surface area contributed by atoms with E-state index in [1.807, 2.05) is 44.3 Å². The number of hydrogen-bond donors (Lipinski definition) is 4. The van der Waals surface area contributed by atoms with Crippen molar-refractivity contribution in [1.82, 2.24) is 25.4 Å². The Morgan fingerprint density at radius 2 is 1.94 bits per heavy atom. The molecule has 3 atom stereocenters. The predicted molar refractivity (Wildman–Crippen MR) is 122 cm³/mol. The number of carbonyl (C=O) groups excluding carboxylic acids is 2. The molecule has 9 heteroatoms. The third kappa shape index (κ3) is 5.11. The first-order chi connectivity index (χ1) is 15.2. The number of hydrogen-bond acceptors (Lipinski definition) is 5. The molecule has 0 saturated carbocycles. The summed E-state index contributed by atoms with van der Waals surface area (Å²) in [4.78, 5) is 44.4. The van der Waals surface area contributed by atoms with E-state index in [9.17, 15) is 19.5 Å². The van der Waals surface area contributed by atoms with Gasteiger partial charge in [0.15, 0.2) is 0 Å². The predicted octanol–water partition coefficient (Wildman–Crippen LogP) is 1.01. The minimum absolute atomic E-state index is 0.172. The van der Waals surface area contributed by atoms with Crippen molar-refractivity contribution in [3.05, 3.63) is 36.0 Å². The zero-order valence-electron chi connectivity index (χ0n) is 19.1. The molecule has 4 N–H and O–H groups in total. The molecule has 3 unspecified atom stereocenters. The van der Waals surface area contributed by atoms with Gasteiger partial charge in [-0.05, 0) is 37.6 Å². The highest BCUT2D eigenvalue weighted by Gasteiger charge is 2.39. The number of nitrogens with zero attached hydrogens (tertiary/aromatic N) is 2. The zero-order valence-corrected chi connectivity index (χ0v) is 19.1. The van der Waals surface area contributed by atoms with Crippen LogP contribution >= 0.6 is 0 Å². The number of aromatic amines is 1. The Hall–Kier alpha value is -2.91. The zero-order chi connectivity index (χ0) is 23.4. The molecule has 9 nitrogen and oxygen atoms in total. The molecule has 1 fully saturated rings. The molecule has 174 valence electrons. The summed E-state index contributed by atoms with van der Waals surface area (Å²) in [6, 6.07) is 5.84. The number of benzene rings is 1. The van der Waals surface area contributed by atoms with E-state index in [1.54, 1.807) is 14.0 Å². The number of aromatic nitrogens is 1. The Bertz CT molecular complexity index is 972. The summed E-state index contributed by atoms with van der Waals surface area (Å²) >= 11 is 0. The van der Waals surface area contributed by atoms with Gasteiger partial charge >= 0.3 is 5.97 Å². The number of fused-ring (bicyclic) bond motifs is 1. The molecule has 1 aromatic heterocycles. The average molecular weight is 444 g/mol. The largest absolute Gasteiger partial charge is 0.480 e. The molecular formula is C23H33N5O4. The second kappa shape index (κ2) is 10.1. The van der Waals surface area contributed by atoms with Crippen LogP contribution in [-0.4, -0.2) is 82.5 Å². The second-order valence-electron chi connectivity index (χ2n) is 8.72. The lowest BCUT2D eigenvalue weighted by Gasteiger charge is -2.41. The van der Waals surface area contributed by atoms with Crippen molar-refractivity contribution < 1.29 is 19.5 Å². The topological polar surface area (TPSA) is 118 Å². The van der Waals surface area contributed by atoms with Crippen molar-refractivity contribution in [3.63, 3.8) is 0 Å². The summed E-state index contributed by atoms with van der Waals surface area (Å²) in [5, 5.41) is 16.6. The molecule has 0 aliphatic carbocycles. The van der Waals surface area contributed by atoms with Crippen LogP contribution in [0.4, 0.5) is 0 Å². The van der Waals surface area contributed by atoms with Crippen LogP contribution in [0, 0.1) is 5.92 Å². The van der Waals surface area contributed by atoms with Crippen LogP contribution in [0.2, 0.25) is 0 Å². The third-order valence-corrected chi connectivity index (χ3v) is 6.17. The van der Waals surface area contributed by atoms with E-state index in [2.05, 4.69) is 20.5 Å². The number of amides is 2. The molecular weight excluding hydrogens is 410 g/mol. The van der Waals surface area contributed by atoms with Gasteiger partial charge in [-0.1, -0.05) is 26.0 Å². The maximum Gasteiger partial charge on any atom is 0.327 e. The Kier molecular flexibility index (Phi) is 7.52. The minimum Gasteiger partial charge on any atom is -0.480 e. The second-order valence-corrected chi connectivity index (χ2v) is 8.72. The number of carboxylic acid groups (broad SMARTS) is 1. The van der Waals surface area contributed by atoms with Gasteiger partial charge in [0.1, 0.15) is 12.1 Å². The molecule has 1 saturated heterocycles. The van der Waals surface area contributed by atoms with Crippen molar-refractivity contribution >= 4 is 28.7 Å². The monoisotopic (exact) mass is 443 g/mol. The normalized spacial score (nSPS) is 19.2. The lowest BCUT2D eigenvalue weighted by Crippen LogP contribution is -2.63. The van der Waals surface area contributed by atoms with Gasteiger partial charge in [0, 0.05) is 43.3 Å². The van der Waals surface area contributed by atoms with Crippen LogP contribution in [0.5, 0.6) is 0 Å². The molecule has 0 bridgehead atoms. The molecule has 2 aromatic rings. The summed E-state index contributed by atoms with van der Waals surface area (Å²) in [6.07, 6.45) is 1.89. The summed E-state index contributed by atoms with van der Waals surface area (Å²) in [5.41, 5.74) is 2.15. The van der Waals surface area contributed by atoms with E-state index in [1.165, 1.54) is 4.90 Å². The van der Waals surface area contributed by atoms with Gasteiger partial charge in [-0.25, -0.2) is 4.79 Å². The number of carbonyl (C=O) groups is 3. The van der Waals surface area contributed by atoms with E-state index in [0.29, 0.717) is 19.6 Å². The first-order valence-electron chi connectivity index (χ1n) is 11.0. The maximum absolute atomic E-state index is 13.3. The van der Waals surface area contributed by atoms with Crippen molar-refractivity contribution in [1.29, 1.82) is 0 Å². The Balaban J connectivity index is 1.74. The number of rotatable bonds is 8.